The monoisotopic (exact) mass is 393 g/mol. The summed E-state index contributed by atoms with van der Waals surface area (Å²) in [7, 11) is 0. The van der Waals surface area contributed by atoms with E-state index in [1.54, 1.807) is 0 Å². The molecule has 4 heteroatoms. The van der Waals surface area contributed by atoms with Crippen molar-refractivity contribution in [1.82, 2.24) is 4.90 Å². The van der Waals surface area contributed by atoms with Crippen LogP contribution in [0, 0.1) is 22.7 Å². The molecule has 0 saturated carbocycles. The number of ether oxygens (including phenoxy) is 1. The van der Waals surface area contributed by atoms with Crippen LogP contribution in [0.25, 0.3) is 11.1 Å². The lowest BCUT2D eigenvalue weighted by atomic mass is 10.0. The van der Waals surface area contributed by atoms with E-state index in [0.717, 1.165) is 60.5 Å². The first-order chi connectivity index (χ1) is 14.7. The molecule has 4 nitrogen and oxygen atoms in total. The summed E-state index contributed by atoms with van der Waals surface area (Å²) in [5.74, 6) is 0.890. The third-order valence-electron chi connectivity index (χ3n) is 5.57. The van der Waals surface area contributed by atoms with Gasteiger partial charge in [0.15, 0.2) is 0 Å². The van der Waals surface area contributed by atoms with Gasteiger partial charge in [0.25, 0.3) is 0 Å². The number of hydrogen-bond acceptors (Lipinski definition) is 4. The average Bonchev–Trinajstić information content (AvgIpc) is 2.81. The van der Waals surface area contributed by atoms with Gasteiger partial charge in [-0.05, 0) is 59.9 Å². The molecule has 0 amide bonds. The Morgan fingerprint density at radius 2 is 1.43 bits per heavy atom. The SMILES string of the molecule is N#Cc1ccc(-c2ccc(OC3CCN(Cc4ccccc4C#N)CC3)cc2)cc1. The summed E-state index contributed by atoms with van der Waals surface area (Å²) in [5.41, 5.74) is 4.72. The minimum atomic E-state index is 0.216. The fraction of sp³-hybridized carbons (Fsp3) is 0.231. The summed E-state index contributed by atoms with van der Waals surface area (Å²) >= 11 is 0. The topological polar surface area (TPSA) is 60.0 Å². The predicted octanol–water partition coefficient (Wildman–Crippen LogP) is 5.14. The Labute approximate surface area is 177 Å². The van der Waals surface area contributed by atoms with E-state index in [0.29, 0.717) is 5.56 Å². The maximum atomic E-state index is 9.27. The lowest BCUT2D eigenvalue weighted by molar-refractivity contribution is 0.0968. The molecule has 0 aromatic heterocycles. The van der Waals surface area contributed by atoms with Crippen LogP contribution < -0.4 is 4.74 Å². The Balaban J connectivity index is 1.30. The van der Waals surface area contributed by atoms with Crippen molar-refractivity contribution in [3.63, 3.8) is 0 Å². The number of nitriles is 2. The maximum Gasteiger partial charge on any atom is 0.119 e. The largest absolute Gasteiger partial charge is 0.490 e. The molecule has 1 heterocycles. The summed E-state index contributed by atoms with van der Waals surface area (Å²) in [6.07, 6.45) is 2.17. The number of nitrogens with zero attached hydrogens (tertiary/aromatic N) is 3. The van der Waals surface area contributed by atoms with E-state index in [-0.39, 0.29) is 6.10 Å². The number of benzene rings is 3. The van der Waals surface area contributed by atoms with E-state index in [1.165, 1.54) is 0 Å². The van der Waals surface area contributed by atoms with Crippen LogP contribution >= 0.6 is 0 Å². The molecule has 0 unspecified atom stereocenters. The van der Waals surface area contributed by atoms with E-state index < -0.39 is 0 Å². The Kier molecular flexibility index (Phi) is 6.09. The van der Waals surface area contributed by atoms with Crippen molar-refractivity contribution >= 4 is 0 Å². The number of likely N-dealkylation sites (tertiary alicyclic amines) is 1. The molecule has 0 aliphatic carbocycles. The predicted molar refractivity (Wildman–Crippen MR) is 117 cm³/mol. The molecule has 1 aliphatic rings. The maximum absolute atomic E-state index is 9.27. The van der Waals surface area contributed by atoms with Crippen molar-refractivity contribution in [2.45, 2.75) is 25.5 Å². The van der Waals surface area contributed by atoms with Gasteiger partial charge in [0, 0.05) is 19.6 Å². The molecule has 0 N–H and O–H groups in total. The van der Waals surface area contributed by atoms with Gasteiger partial charge < -0.3 is 4.74 Å². The van der Waals surface area contributed by atoms with Gasteiger partial charge in [-0.3, -0.25) is 4.90 Å². The fourth-order valence-corrected chi connectivity index (χ4v) is 3.85. The molecule has 4 rings (SSSR count). The van der Waals surface area contributed by atoms with Crippen molar-refractivity contribution in [3.8, 4) is 29.0 Å². The smallest absolute Gasteiger partial charge is 0.119 e. The van der Waals surface area contributed by atoms with Gasteiger partial charge in [-0.25, -0.2) is 0 Å². The lowest BCUT2D eigenvalue weighted by Gasteiger charge is -2.32. The number of rotatable bonds is 5. The molecule has 3 aromatic rings. The van der Waals surface area contributed by atoms with E-state index in [9.17, 15) is 5.26 Å². The van der Waals surface area contributed by atoms with Crippen LogP contribution in [0.2, 0.25) is 0 Å². The quantitative estimate of drug-likeness (QED) is 0.602. The van der Waals surface area contributed by atoms with Gasteiger partial charge in [0.2, 0.25) is 0 Å². The molecule has 0 bridgehead atoms. The van der Waals surface area contributed by atoms with Crippen molar-refractivity contribution in [2.24, 2.45) is 0 Å². The van der Waals surface area contributed by atoms with Crippen molar-refractivity contribution in [3.05, 3.63) is 89.5 Å². The molecular weight excluding hydrogens is 370 g/mol. The number of piperidine rings is 1. The summed E-state index contributed by atoms with van der Waals surface area (Å²) < 4.78 is 6.20. The van der Waals surface area contributed by atoms with E-state index in [1.807, 2.05) is 60.7 Å². The third kappa shape index (κ3) is 4.69. The van der Waals surface area contributed by atoms with Gasteiger partial charge in [-0.1, -0.05) is 42.5 Å². The summed E-state index contributed by atoms with van der Waals surface area (Å²) in [6, 6.07) is 28.0. The van der Waals surface area contributed by atoms with Gasteiger partial charge in [-0.2, -0.15) is 10.5 Å². The molecule has 0 spiro atoms. The summed E-state index contributed by atoms with van der Waals surface area (Å²) in [6.45, 7) is 2.75. The molecule has 1 fully saturated rings. The zero-order valence-electron chi connectivity index (χ0n) is 16.8. The fourth-order valence-electron chi connectivity index (χ4n) is 3.85. The summed E-state index contributed by atoms with van der Waals surface area (Å²) in [5, 5.41) is 18.2. The minimum absolute atomic E-state index is 0.216. The first kappa shape index (κ1) is 19.7. The first-order valence-corrected chi connectivity index (χ1v) is 10.2. The van der Waals surface area contributed by atoms with E-state index >= 15 is 0 Å². The standard InChI is InChI=1S/C26H23N3O/c27-17-20-5-7-21(8-6-20)22-9-11-25(12-10-22)30-26-13-15-29(16-14-26)19-24-4-2-1-3-23(24)18-28/h1-12,26H,13-16,19H2. The minimum Gasteiger partial charge on any atom is -0.490 e. The van der Waals surface area contributed by atoms with Gasteiger partial charge in [0.1, 0.15) is 11.9 Å². The van der Waals surface area contributed by atoms with Gasteiger partial charge in [-0.15, -0.1) is 0 Å². The molecule has 148 valence electrons. The van der Waals surface area contributed by atoms with E-state index in [4.69, 9.17) is 10.00 Å². The highest BCUT2D eigenvalue weighted by Crippen LogP contribution is 2.25. The second kappa shape index (κ2) is 9.27. The van der Waals surface area contributed by atoms with Crippen LogP contribution in [0.4, 0.5) is 0 Å². The molecule has 30 heavy (non-hydrogen) atoms. The Morgan fingerprint density at radius 1 is 0.800 bits per heavy atom. The van der Waals surface area contributed by atoms with Gasteiger partial charge >= 0.3 is 0 Å². The third-order valence-corrected chi connectivity index (χ3v) is 5.57. The van der Waals surface area contributed by atoms with E-state index in [2.05, 4.69) is 29.2 Å². The van der Waals surface area contributed by atoms with Crippen molar-refractivity contribution < 1.29 is 4.74 Å². The second-order valence-corrected chi connectivity index (χ2v) is 7.58. The van der Waals surface area contributed by atoms with Crippen molar-refractivity contribution in [1.29, 1.82) is 10.5 Å². The van der Waals surface area contributed by atoms with Crippen LogP contribution in [0.5, 0.6) is 5.75 Å². The normalized spacial score (nSPS) is 14.6. The number of hydrogen-bond donors (Lipinski definition) is 0. The van der Waals surface area contributed by atoms with Crippen molar-refractivity contribution in [2.75, 3.05) is 13.1 Å². The summed E-state index contributed by atoms with van der Waals surface area (Å²) in [4.78, 5) is 2.39. The van der Waals surface area contributed by atoms with Crippen LogP contribution in [-0.2, 0) is 6.54 Å². The molecule has 0 radical (unpaired) electrons. The molecule has 1 saturated heterocycles. The lowest BCUT2D eigenvalue weighted by Crippen LogP contribution is -2.37. The first-order valence-electron chi connectivity index (χ1n) is 10.2. The highest BCUT2D eigenvalue weighted by atomic mass is 16.5. The zero-order valence-corrected chi connectivity index (χ0v) is 16.8. The second-order valence-electron chi connectivity index (χ2n) is 7.58. The van der Waals surface area contributed by atoms with Crippen LogP contribution in [0.3, 0.4) is 0 Å². The molecule has 0 atom stereocenters. The van der Waals surface area contributed by atoms with Crippen LogP contribution in [0.15, 0.2) is 72.8 Å². The zero-order chi connectivity index (χ0) is 20.8. The van der Waals surface area contributed by atoms with Crippen LogP contribution in [0.1, 0.15) is 29.5 Å². The van der Waals surface area contributed by atoms with Gasteiger partial charge in [0.05, 0.1) is 23.3 Å². The Morgan fingerprint density at radius 3 is 2.07 bits per heavy atom. The molecular formula is C26H23N3O. The Hall–Kier alpha value is -3.60. The molecule has 3 aromatic carbocycles. The highest BCUT2D eigenvalue weighted by Gasteiger charge is 2.21. The molecule has 1 aliphatic heterocycles. The Bertz CT molecular complexity index is 1070. The highest BCUT2D eigenvalue weighted by molar-refractivity contribution is 5.64. The average molecular weight is 393 g/mol. The van der Waals surface area contributed by atoms with Crippen LogP contribution in [-0.4, -0.2) is 24.1 Å².